The summed E-state index contributed by atoms with van der Waals surface area (Å²) in [5, 5.41) is 10.3. The van der Waals surface area contributed by atoms with Crippen LogP contribution in [-0.4, -0.2) is 60.0 Å². The maximum absolute atomic E-state index is 12.5. The van der Waals surface area contributed by atoms with Gasteiger partial charge in [0.1, 0.15) is 5.75 Å². The largest absolute Gasteiger partial charge is 0.493 e. The first-order valence-corrected chi connectivity index (χ1v) is 13.9. The number of hydrogen-bond donors (Lipinski definition) is 1. The summed E-state index contributed by atoms with van der Waals surface area (Å²) in [6.07, 6.45) is 2.89. The lowest BCUT2D eigenvalue weighted by molar-refractivity contribution is -0.160. The quantitative estimate of drug-likeness (QED) is 0.417. The third-order valence-electron chi connectivity index (χ3n) is 6.92. The molecule has 4 rings (SSSR count). The van der Waals surface area contributed by atoms with Gasteiger partial charge in [0.25, 0.3) is 0 Å². The molecule has 1 unspecified atom stereocenters. The molecule has 0 spiro atoms. The van der Waals surface area contributed by atoms with Gasteiger partial charge in [-0.1, -0.05) is 6.07 Å². The minimum absolute atomic E-state index is 0.585. The molecule has 7 nitrogen and oxygen atoms in total. The second-order valence-electron chi connectivity index (χ2n) is 11.2. The van der Waals surface area contributed by atoms with E-state index in [4.69, 9.17) is 19.2 Å². The van der Waals surface area contributed by atoms with Crippen molar-refractivity contribution in [3.63, 3.8) is 0 Å². The van der Waals surface area contributed by atoms with E-state index in [1.165, 1.54) is 0 Å². The van der Waals surface area contributed by atoms with Crippen molar-refractivity contribution in [3.8, 4) is 16.9 Å². The molecule has 202 valence electrons. The average molecular weight is 576 g/mol. The Morgan fingerprint density at radius 3 is 2.68 bits per heavy atom. The van der Waals surface area contributed by atoms with Crippen molar-refractivity contribution in [2.24, 2.45) is 5.92 Å². The van der Waals surface area contributed by atoms with E-state index in [0.717, 1.165) is 84.7 Å². The Hall–Kier alpha value is -2.00. The SMILES string of the molecule is Cc1nc(CN(C)CC2CCOCC2)c(Br)c(-c2ccc3c(c2)CCCO3)c1C(OC(C)(C)C)C(=O)O. The highest BCUT2D eigenvalue weighted by Gasteiger charge is 2.33. The van der Waals surface area contributed by atoms with Gasteiger partial charge in [-0.2, -0.15) is 0 Å². The van der Waals surface area contributed by atoms with Crippen molar-refractivity contribution < 1.29 is 24.1 Å². The second kappa shape index (κ2) is 11.8. The van der Waals surface area contributed by atoms with Gasteiger partial charge < -0.3 is 24.2 Å². The van der Waals surface area contributed by atoms with Crippen LogP contribution in [0.15, 0.2) is 22.7 Å². The van der Waals surface area contributed by atoms with E-state index in [2.05, 4.69) is 33.9 Å². The van der Waals surface area contributed by atoms with Crippen LogP contribution in [0.4, 0.5) is 0 Å². The number of carboxylic acid groups (broad SMARTS) is 1. The number of carbonyl (C=O) groups is 1. The zero-order valence-electron chi connectivity index (χ0n) is 22.6. The van der Waals surface area contributed by atoms with Crippen molar-refractivity contribution in [2.45, 2.75) is 71.6 Å². The van der Waals surface area contributed by atoms with Crippen LogP contribution < -0.4 is 4.74 Å². The third-order valence-corrected chi connectivity index (χ3v) is 7.77. The summed E-state index contributed by atoms with van der Waals surface area (Å²) in [4.78, 5) is 19.8. The van der Waals surface area contributed by atoms with Crippen LogP contribution >= 0.6 is 15.9 Å². The standard InChI is InChI=1S/C29H39BrN2O5/c1-18-24(27(28(33)34)37-29(2,3)4)25(21-8-9-23-20(15-21)7-6-12-36-23)26(30)22(31-18)17-32(5)16-19-10-13-35-14-11-19/h8-9,15,19,27H,6-7,10-14,16-17H2,1-5H3,(H,33,34). The maximum Gasteiger partial charge on any atom is 0.337 e. The zero-order valence-corrected chi connectivity index (χ0v) is 24.2. The highest BCUT2D eigenvalue weighted by atomic mass is 79.9. The van der Waals surface area contributed by atoms with Crippen LogP contribution in [-0.2, 0) is 27.2 Å². The smallest absolute Gasteiger partial charge is 0.337 e. The fourth-order valence-corrected chi connectivity index (χ4v) is 5.91. The van der Waals surface area contributed by atoms with Crippen LogP contribution in [0, 0.1) is 12.8 Å². The van der Waals surface area contributed by atoms with E-state index in [9.17, 15) is 9.90 Å². The molecule has 3 heterocycles. The lowest BCUT2D eigenvalue weighted by Gasteiger charge is -2.30. The summed E-state index contributed by atoms with van der Waals surface area (Å²) in [5.74, 6) is 0.476. The molecule has 2 aliphatic rings. The van der Waals surface area contributed by atoms with Crippen LogP contribution in [0.2, 0.25) is 0 Å². The molecular weight excluding hydrogens is 536 g/mol. The van der Waals surface area contributed by atoms with E-state index in [0.29, 0.717) is 23.7 Å². The van der Waals surface area contributed by atoms with Crippen LogP contribution in [0.3, 0.4) is 0 Å². The summed E-state index contributed by atoms with van der Waals surface area (Å²) in [5.41, 5.74) is 4.39. The summed E-state index contributed by atoms with van der Waals surface area (Å²) < 4.78 is 18.3. The lowest BCUT2D eigenvalue weighted by atomic mass is 9.91. The van der Waals surface area contributed by atoms with Gasteiger partial charge in [-0.3, -0.25) is 4.98 Å². The van der Waals surface area contributed by atoms with E-state index < -0.39 is 17.7 Å². The van der Waals surface area contributed by atoms with Gasteiger partial charge in [-0.25, -0.2) is 4.79 Å². The number of fused-ring (bicyclic) bond motifs is 1. The summed E-state index contributed by atoms with van der Waals surface area (Å²) in [6, 6.07) is 6.13. The molecule has 2 aliphatic heterocycles. The Kier molecular flexibility index (Phi) is 8.94. The minimum atomic E-state index is -1.15. The van der Waals surface area contributed by atoms with Crippen LogP contribution in [0.5, 0.6) is 5.75 Å². The van der Waals surface area contributed by atoms with E-state index >= 15 is 0 Å². The number of rotatable bonds is 8. The molecular formula is C29H39BrN2O5. The normalized spacial score (nSPS) is 17.4. The molecule has 0 amide bonds. The molecule has 0 bridgehead atoms. The molecule has 1 aromatic carbocycles. The van der Waals surface area contributed by atoms with E-state index in [-0.39, 0.29) is 0 Å². The molecule has 1 saturated heterocycles. The summed E-state index contributed by atoms with van der Waals surface area (Å²) in [6.45, 7) is 11.5. The van der Waals surface area contributed by atoms with Gasteiger partial charge in [0.2, 0.25) is 0 Å². The highest BCUT2D eigenvalue weighted by molar-refractivity contribution is 9.10. The molecule has 1 atom stereocenters. The fraction of sp³-hybridized carbons (Fsp3) is 0.586. The topological polar surface area (TPSA) is 81.1 Å². The van der Waals surface area contributed by atoms with Gasteiger partial charge in [0, 0.05) is 47.6 Å². The fourth-order valence-electron chi connectivity index (χ4n) is 5.26. The molecule has 0 saturated carbocycles. The van der Waals surface area contributed by atoms with Crippen LogP contribution in [0.25, 0.3) is 11.1 Å². The van der Waals surface area contributed by atoms with Crippen molar-refractivity contribution in [3.05, 3.63) is 45.2 Å². The number of nitrogens with zero attached hydrogens (tertiary/aromatic N) is 2. The second-order valence-corrected chi connectivity index (χ2v) is 12.0. The Morgan fingerprint density at radius 1 is 1.27 bits per heavy atom. The number of aryl methyl sites for hydroxylation is 2. The number of aromatic nitrogens is 1. The third kappa shape index (κ3) is 6.91. The minimum Gasteiger partial charge on any atom is -0.493 e. The predicted molar refractivity (Wildman–Crippen MR) is 147 cm³/mol. The van der Waals surface area contributed by atoms with Crippen molar-refractivity contribution in [1.82, 2.24) is 9.88 Å². The maximum atomic E-state index is 12.5. The zero-order chi connectivity index (χ0) is 26.7. The number of hydrogen-bond acceptors (Lipinski definition) is 6. The van der Waals surface area contributed by atoms with Crippen molar-refractivity contribution >= 4 is 21.9 Å². The molecule has 2 aromatic rings. The first kappa shape index (κ1) is 28.0. The number of halogens is 1. The van der Waals surface area contributed by atoms with Gasteiger partial charge in [0.15, 0.2) is 6.10 Å². The van der Waals surface area contributed by atoms with Gasteiger partial charge in [0.05, 0.1) is 17.9 Å². The number of pyridine rings is 1. The predicted octanol–water partition coefficient (Wildman–Crippen LogP) is 5.94. The molecule has 1 fully saturated rings. The average Bonchev–Trinajstić information content (AvgIpc) is 2.84. The first-order chi connectivity index (χ1) is 17.5. The Labute approximate surface area is 228 Å². The van der Waals surface area contributed by atoms with Gasteiger partial charge in [-0.05, 0) is 106 Å². The monoisotopic (exact) mass is 574 g/mol. The number of carboxylic acids is 1. The summed E-state index contributed by atoms with van der Waals surface area (Å²) >= 11 is 3.86. The van der Waals surface area contributed by atoms with E-state index in [1.54, 1.807) is 0 Å². The molecule has 8 heteroatoms. The summed E-state index contributed by atoms with van der Waals surface area (Å²) in [7, 11) is 2.12. The number of ether oxygens (including phenoxy) is 3. The van der Waals surface area contributed by atoms with Crippen LogP contribution in [0.1, 0.15) is 68.7 Å². The van der Waals surface area contributed by atoms with Gasteiger partial charge >= 0.3 is 5.97 Å². The molecule has 37 heavy (non-hydrogen) atoms. The Morgan fingerprint density at radius 2 is 2.00 bits per heavy atom. The highest BCUT2D eigenvalue weighted by Crippen LogP contribution is 2.42. The number of aliphatic carboxylic acids is 1. The molecule has 0 aliphatic carbocycles. The number of benzene rings is 1. The first-order valence-electron chi connectivity index (χ1n) is 13.2. The Bertz CT molecular complexity index is 1120. The van der Waals surface area contributed by atoms with E-state index in [1.807, 2.05) is 39.8 Å². The lowest BCUT2D eigenvalue weighted by Crippen LogP contribution is -2.30. The van der Waals surface area contributed by atoms with Crippen molar-refractivity contribution in [2.75, 3.05) is 33.4 Å². The van der Waals surface area contributed by atoms with Gasteiger partial charge in [-0.15, -0.1) is 0 Å². The molecule has 1 aromatic heterocycles. The molecule has 1 N–H and O–H groups in total. The van der Waals surface area contributed by atoms with Crippen molar-refractivity contribution in [1.29, 1.82) is 0 Å². The Balaban J connectivity index is 1.79. The molecule has 0 radical (unpaired) electrons.